The van der Waals surface area contributed by atoms with Crippen molar-refractivity contribution in [3.8, 4) is 0 Å². The molecule has 1 aromatic rings. The van der Waals surface area contributed by atoms with Crippen LogP contribution in [0, 0.1) is 3.57 Å². The van der Waals surface area contributed by atoms with Gasteiger partial charge in [-0.1, -0.05) is 12.1 Å². The van der Waals surface area contributed by atoms with Crippen LogP contribution in [0.3, 0.4) is 0 Å². The van der Waals surface area contributed by atoms with E-state index in [2.05, 4.69) is 22.6 Å². The summed E-state index contributed by atoms with van der Waals surface area (Å²) in [6.07, 6.45) is 1.18. The summed E-state index contributed by atoms with van der Waals surface area (Å²) in [6, 6.07) is 8.19. The van der Waals surface area contributed by atoms with Crippen LogP contribution in [-0.4, -0.2) is 11.6 Å². The number of aryl methyl sites for hydroxylation is 1. The fraction of sp³-hybridized carbons (Fsp3) is 0.462. The van der Waals surface area contributed by atoms with Crippen LogP contribution in [0.25, 0.3) is 0 Å². The number of carbonyl (C=O) groups excluding carboxylic acids is 1. The number of hydrogen-bond acceptors (Lipinski definition) is 2. The van der Waals surface area contributed by atoms with Crippen LogP contribution in [0.15, 0.2) is 24.3 Å². The summed E-state index contributed by atoms with van der Waals surface area (Å²) in [5, 5.41) is 0. The Kier molecular flexibility index (Phi) is 4.77. The highest BCUT2D eigenvalue weighted by Gasteiger charge is 2.15. The van der Waals surface area contributed by atoms with E-state index in [1.54, 1.807) is 0 Å². The van der Waals surface area contributed by atoms with E-state index in [0.717, 1.165) is 6.42 Å². The van der Waals surface area contributed by atoms with Gasteiger partial charge < -0.3 is 4.74 Å². The fourth-order valence-electron chi connectivity index (χ4n) is 1.29. The highest BCUT2D eigenvalue weighted by Crippen LogP contribution is 2.12. The number of rotatable bonds is 3. The second-order valence-electron chi connectivity index (χ2n) is 4.71. The molecule has 0 radical (unpaired) electrons. The first kappa shape index (κ1) is 13.5. The Labute approximate surface area is 111 Å². The van der Waals surface area contributed by atoms with Gasteiger partial charge in [-0.25, -0.2) is 0 Å². The number of carbonyl (C=O) groups is 1. The van der Waals surface area contributed by atoms with Crippen LogP contribution in [-0.2, 0) is 16.0 Å². The first-order valence-electron chi connectivity index (χ1n) is 5.33. The average Bonchev–Trinajstić information content (AvgIpc) is 2.14. The van der Waals surface area contributed by atoms with E-state index in [0.29, 0.717) is 6.42 Å². The zero-order valence-electron chi connectivity index (χ0n) is 9.92. The topological polar surface area (TPSA) is 26.3 Å². The lowest BCUT2D eigenvalue weighted by Crippen LogP contribution is -2.23. The normalized spacial score (nSPS) is 11.2. The van der Waals surface area contributed by atoms with Gasteiger partial charge in [-0.05, 0) is 67.5 Å². The van der Waals surface area contributed by atoms with Crippen molar-refractivity contribution in [2.75, 3.05) is 0 Å². The molecule has 0 fully saturated rings. The quantitative estimate of drug-likeness (QED) is 0.625. The molecule has 0 aliphatic rings. The predicted molar refractivity (Wildman–Crippen MR) is 73.3 cm³/mol. The molecule has 0 heterocycles. The molecule has 0 saturated heterocycles. The summed E-state index contributed by atoms with van der Waals surface area (Å²) in [5.74, 6) is -0.133. The zero-order valence-corrected chi connectivity index (χ0v) is 12.1. The summed E-state index contributed by atoms with van der Waals surface area (Å²) in [4.78, 5) is 11.5. The Morgan fingerprint density at radius 3 is 2.31 bits per heavy atom. The van der Waals surface area contributed by atoms with Gasteiger partial charge in [0, 0.05) is 9.99 Å². The van der Waals surface area contributed by atoms with E-state index in [1.807, 2.05) is 45.0 Å². The van der Waals surface area contributed by atoms with Gasteiger partial charge in [-0.15, -0.1) is 0 Å². The number of hydrogen-bond donors (Lipinski definition) is 0. The lowest BCUT2D eigenvalue weighted by atomic mass is 10.1. The van der Waals surface area contributed by atoms with Gasteiger partial charge in [0.15, 0.2) is 0 Å². The van der Waals surface area contributed by atoms with Crippen molar-refractivity contribution in [1.82, 2.24) is 0 Å². The summed E-state index contributed by atoms with van der Waals surface area (Å²) >= 11 is 2.26. The van der Waals surface area contributed by atoms with Gasteiger partial charge >= 0.3 is 5.97 Å². The lowest BCUT2D eigenvalue weighted by molar-refractivity contribution is -0.154. The Hall–Kier alpha value is -0.580. The van der Waals surface area contributed by atoms with Crippen molar-refractivity contribution in [2.45, 2.75) is 39.2 Å². The molecule has 0 spiro atoms. The molecule has 3 heteroatoms. The van der Waals surface area contributed by atoms with Crippen LogP contribution in [0.5, 0.6) is 0 Å². The highest BCUT2D eigenvalue weighted by atomic mass is 127. The lowest BCUT2D eigenvalue weighted by Gasteiger charge is -2.19. The van der Waals surface area contributed by atoms with Gasteiger partial charge in [-0.3, -0.25) is 4.79 Å². The molecule has 0 aliphatic heterocycles. The minimum atomic E-state index is -0.386. The summed E-state index contributed by atoms with van der Waals surface area (Å²) in [5.41, 5.74) is 0.787. The number of ether oxygens (including phenoxy) is 1. The van der Waals surface area contributed by atoms with Crippen molar-refractivity contribution in [1.29, 1.82) is 0 Å². The molecule has 1 aromatic carbocycles. The SMILES string of the molecule is CC(C)(C)OC(=O)CCc1ccc(I)cc1. The molecule has 0 N–H and O–H groups in total. The number of benzene rings is 1. The van der Waals surface area contributed by atoms with Crippen LogP contribution in [0.1, 0.15) is 32.8 Å². The van der Waals surface area contributed by atoms with Crippen LogP contribution < -0.4 is 0 Å². The van der Waals surface area contributed by atoms with E-state index in [-0.39, 0.29) is 11.6 Å². The standard InChI is InChI=1S/C13H17IO2/c1-13(2,3)16-12(15)9-6-10-4-7-11(14)8-5-10/h4-5,7-8H,6,9H2,1-3H3. The Bertz CT molecular complexity index is 349. The van der Waals surface area contributed by atoms with Crippen molar-refractivity contribution in [3.63, 3.8) is 0 Å². The monoisotopic (exact) mass is 332 g/mol. The maximum absolute atomic E-state index is 11.5. The maximum Gasteiger partial charge on any atom is 0.306 e. The summed E-state index contributed by atoms with van der Waals surface area (Å²) < 4.78 is 6.45. The van der Waals surface area contributed by atoms with Crippen molar-refractivity contribution in [3.05, 3.63) is 33.4 Å². The molecule has 1 rings (SSSR count). The Morgan fingerprint density at radius 1 is 1.25 bits per heavy atom. The molecule has 0 bridgehead atoms. The third kappa shape index (κ3) is 5.49. The fourth-order valence-corrected chi connectivity index (χ4v) is 1.65. The zero-order chi connectivity index (χ0) is 12.2. The van der Waals surface area contributed by atoms with Crippen LogP contribution in [0.2, 0.25) is 0 Å². The molecule has 0 saturated carbocycles. The van der Waals surface area contributed by atoms with Crippen molar-refractivity contribution in [2.24, 2.45) is 0 Å². The van der Waals surface area contributed by atoms with E-state index in [9.17, 15) is 4.79 Å². The molecular formula is C13H17IO2. The summed E-state index contributed by atoms with van der Waals surface area (Å²) in [7, 11) is 0. The first-order chi connectivity index (χ1) is 7.37. The van der Waals surface area contributed by atoms with Gasteiger partial charge in [0.25, 0.3) is 0 Å². The van der Waals surface area contributed by atoms with Crippen molar-refractivity contribution >= 4 is 28.6 Å². The summed E-state index contributed by atoms with van der Waals surface area (Å²) in [6.45, 7) is 5.65. The van der Waals surface area contributed by atoms with Crippen LogP contribution >= 0.6 is 22.6 Å². The number of halogens is 1. The molecule has 0 atom stereocenters. The first-order valence-corrected chi connectivity index (χ1v) is 6.41. The van der Waals surface area contributed by atoms with Gasteiger partial charge in [0.05, 0.1) is 0 Å². The van der Waals surface area contributed by atoms with Gasteiger partial charge in [0.1, 0.15) is 5.60 Å². The third-order valence-electron chi connectivity index (χ3n) is 1.95. The molecule has 0 aromatic heterocycles. The van der Waals surface area contributed by atoms with Gasteiger partial charge in [0.2, 0.25) is 0 Å². The third-order valence-corrected chi connectivity index (χ3v) is 2.67. The Morgan fingerprint density at radius 2 is 1.81 bits per heavy atom. The second kappa shape index (κ2) is 5.66. The van der Waals surface area contributed by atoms with E-state index in [4.69, 9.17) is 4.74 Å². The molecule has 16 heavy (non-hydrogen) atoms. The maximum atomic E-state index is 11.5. The smallest absolute Gasteiger partial charge is 0.306 e. The van der Waals surface area contributed by atoms with Crippen molar-refractivity contribution < 1.29 is 9.53 Å². The molecule has 0 unspecified atom stereocenters. The molecule has 88 valence electrons. The minimum Gasteiger partial charge on any atom is -0.460 e. The molecular weight excluding hydrogens is 315 g/mol. The van der Waals surface area contributed by atoms with E-state index < -0.39 is 0 Å². The second-order valence-corrected chi connectivity index (χ2v) is 5.96. The number of esters is 1. The highest BCUT2D eigenvalue weighted by molar-refractivity contribution is 14.1. The van der Waals surface area contributed by atoms with Gasteiger partial charge in [-0.2, -0.15) is 0 Å². The Balaban J connectivity index is 2.40. The molecule has 2 nitrogen and oxygen atoms in total. The van der Waals surface area contributed by atoms with E-state index >= 15 is 0 Å². The largest absolute Gasteiger partial charge is 0.460 e. The average molecular weight is 332 g/mol. The molecule has 0 aliphatic carbocycles. The van der Waals surface area contributed by atoms with E-state index in [1.165, 1.54) is 9.13 Å². The minimum absolute atomic E-state index is 0.133. The predicted octanol–water partition coefficient (Wildman–Crippen LogP) is 3.57. The molecule has 0 amide bonds. The van der Waals surface area contributed by atoms with Crippen LogP contribution in [0.4, 0.5) is 0 Å².